The Bertz CT molecular complexity index is 586. The summed E-state index contributed by atoms with van der Waals surface area (Å²) in [5.41, 5.74) is -0.255. The third-order valence-electron chi connectivity index (χ3n) is 4.22. The molecule has 0 aliphatic heterocycles. The minimum Gasteiger partial charge on any atom is -0.496 e. The van der Waals surface area contributed by atoms with E-state index in [4.69, 9.17) is 4.74 Å². The first kappa shape index (κ1) is 16.6. The molecule has 0 bridgehead atoms. The zero-order chi connectivity index (χ0) is 16.5. The number of alkyl halides is 2. The van der Waals surface area contributed by atoms with Crippen molar-refractivity contribution in [2.24, 2.45) is 0 Å². The molecule has 0 saturated heterocycles. The number of hydrogen-bond donors (Lipinski definition) is 2. The average molecular weight is 314 g/mol. The predicted molar refractivity (Wildman–Crippen MR) is 75.9 cm³/mol. The van der Waals surface area contributed by atoms with Crippen LogP contribution in [0.1, 0.15) is 36.1 Å². The Morgan fingerprint density at radius 1 is 1.50 bits per heavy atom. The maximum absolute atomic E-state index is 14.0. The fraction of sp³-hybridized carbons (Fsp3) is 0.600. The van der Waals surface area contributed by atoms with Crippen LogP contribution in [0.3, 0.4) is 0 Å². The number of carbonyl (C=O) groups is 1. The highest BCUT2D eigenvalue weighted by atomic mass is 19.3. The van der Waals surface area contributed by atoms with Crippen molar-refractivity contribution in [1.82, 2.24) is 10.3 Å². The van der Waals surface area contributed by atoms with Gasteiger partial charge in [-0.25, -0.2) is 0 Å². The Hall–Kier alpha value is -1.76. The molecular weight excluding hydrogens is 294 g/mol. The Morgan fingerprint density at radius 3 is 2.64 bits per heavy atom. The topological polar surface area (TPSA) is 71.5 Å². The number of halogens is 2. The molecule has 2 N–H and O–H groups in total. The molecule has 1 aliphatic rings. The van der Waals surface area contributed by atoms with Crippen LogP contribution in [-0.4, -0.2) is 34.6 Å². The zero-order valence-corrected chi connectivity index (χ0v) is 12.9. The number of amides is 1. The number of aromatic nitrogens is 1. The highest BCUT2D eigenvalue weighted by Gasteiger charge is 2.61. The van der Waals surface area contributed by atoms with Gasteiger partial charge in [-0.3, -0.25) is 9.78 Å². The van der Waals surface area contributed by atoms with E-state index in [0.29, 0.717) is 23.4 Å². The molecule has 1 amide bonds. The summed E-state index contributed by atoms with van der Waals surface area (Å²) >= 11 is 0. The molecule has 1 saturated carbocycles. The largest absolute Gasteiger partial charge is 0.496 e. The van der Waals surface area contributed by atoms with E-state index in [9.17, 15) is 18.7 Å². The number of aliphatic hydroxyl groups is 1. The lowest BCUT2D eigenvalue weighted by atomic mass is 9.75. The highest BCUT2D eigenvalue weighted by molar-refractivity contribution is 5.85. The van der Waals surface area contributed by atoms with Crippen molar-refractivity contribution in [3.05, 3.63) is 23.0 Å². The van der Waals surface area contributed by atoms with Gasteiger partial charge in [0, 0.05) is 17.3 Å². The van der Waals surface area contributed by atoms with Gasteiger partial charge in [-0.05, 0) is 33.1 Å². The SMILES string of the molecule is COc1c(C)cnc(CNC(=O)C(F)(F)C2(O)CCC2)c1C. The number of hydrogen-bond acceptors (Lipinski definition) is 4. The van der Waals surface area contributed by atoms with Crippen molar-refractivity contribution < 1.29 is 23.4 Å². The number of nitrogens with one attached hydrogen (secondary N) is 1. The zero-order valence-electron chi connectivity index (χ0n) is 12.9. The van der Waals surface area contributed by atoms with Gasteiger partial charge in [0.15, 0.2) is 0 Å². The van der Waals surface area contributed by atoms with E-state index < -0.39 is 17.4 Å². The molecule has 7 heteroatoms. The van der Waals surface area contributed by atoms with Crippen LogP contribution in [0.4, 0.5) is 8.78 Å². The van der Waals surface area contributed by atoms with E-state index in [1.807, 2.05) is 6.92 Å². The molecule has 1 heterocycles. The molecule has 2 rings (SSSR count). The van der Waals surface area contributed by atoms with Crippen LogP contribution in [0, 0.1) is 13.8 Å². The van der Waals surface area contributed by atoms with Gasteiger partial charge in [-0.15, -0.1) is 0 Å². The second-order valence-electron chi connectivity index (χ2n) is 5.69. The molecular formula is C15H20F2N2O3. The Morgan fingerprint density at radius 2 is 2.14 bits per heavy atom. The average Bonchev–Trinajstić information content (AvgIpc) is 2.43. The molecule has 1 aromatic rings. The highest BCUT2D eigenvalue weighted by Crippen LogP contribution is 2.44. The first-order valence-electron chi connectivity index (χ1n) is 7.10. The van der Waals surface area contributed by atoms with Gasteiger partial charge in [0.2, 0.25) is 0 Å². The summed E-state index contributed by atoms with van der Waals surface area (Å²) in [4.78, 5) is 15.9. The first-order chi connectivity index (χ1) is 10.2. The van der Waals surface area contributed by atoms with E-state index in [1.54, 1.807) is 13.1 Å². The molecule has 0 atom stereocenters. The Kier molecular flexibility index (Phi) is 4.37. The molecule has 0 spiro atoms. The lowest BCUT2D eigenvalue weighted by Crippen LogP contribution is -2.60. The van der Waals surface area contributed by atoms with Crippen LogP contribution in [-0.2, 0) is 11.3 Å². The van der Waals surface area contributed by atoms with E-state index in [-0.39, 0.29) is 19.4 Å². The summed E-state index contributed by atoms with van der Waals surface area (Å²) in [6, 6.07) is 0. The molecule has 0 aromatic carbocycles. The summed E-state index contributed by atoms with van der Waals surface area (Å²) in [7, 11) is 1.51. The summed E-state index contributed by atoms with van der Waals surface area (Å²) in [5, 5.41) is 11.9. The fourth-order valence-corrected chi connectivity index (χ4v) is 2.56. The molecule has 1 aromatic heterocycles. The first-order valence-corrected chi connectivity index (χ1v) is 7.10. The summed E-state index contributed by atoms with van der Waals surface area (Å²) in [6.45, 7) is 3.42. The number of carbonyl (C=O) groups excluding carboxylic acids is 1. The Balaban J connectivity index is 2.09. The van der Waals surface area contributed by atoms with Gasteiger partial charge < -0.3 is 15.2 Å². The molecule has 5 nitrogen and oxygen atoms in total. The van der Waals surface area contributed by atoms with E-state index in [0.717, 1.165) is 5.56 Å². The summed E-state index contributed by atoms with van der Waals surface area (Å²) in [5.74, 6) is -4.66. The van der Waals surface area contributed by atoms with Gasteiger partial charge in [0.25, 0.3) is 5.91 Å². The lowest BCUT2D eigenvalue weighted by Gasteiger charge is -2.41. The molecule has 1 fully saturated rings. The van der Waals surface area contributed by atoms with E-state index >= 15 is 0 Å². The van der Waals surface area contributed by atoms with Crippen molar-refractivity contribution in [3.8, 4) is 5.75 Å². The van der Waals surface area contributed by atoms with E-state index in [2.05, 4.69) is 10.3 Å². The number of pyridine rings is 1. The predicted octanol–water partition coefficient (Wildman–Crippen LogP) is 1.87. The number of rotatable bonds is 5. The van der Waals surface area contributed by atoms with Gasteiger partial charge in [0.05, 0.1) is 19.3 Å². The third-order valence-corrected chi connectivity index (χ3v) is 4.22. The number of methoxy groups -OCH3 is 1. The minimum absolute atomic E-state index is 0.0664. The maximum Gasteiger partial charge on any atom is 0.352 e. The monoisotopic (exact) mass is 314 g/mol. The van der Waals surface area contributed by atoms with Crippen molar-refractivity contribution in [2.45, 2.75) is 51.2 Å². The Labute approximate surface area is 127 Å². The van der Waals surface area contributed by atoms with Gasteiger partial charge in [-0.2, -0.15) is 8.78 Å². The summed E-state index contributed by atoms with van der Waals surface area (Å²) in [6.07, 6.45) is 1.92. The van der Waals surface area contributed by atoms with E-state index in [1.165, 1.54) is 7.11 Å². The molecule has 0 radical (unpaired) electrons. The minimum atomic E-state index is -3.80. The lowest BCUT2D eigenvalue weighted by molar-refractivity contribution is -0.216. The summed E-state index contributed by atoms with van der Waals surface area (Å²) < 4.78 is 33.1. The second-order valence-corrected chi connectivity index (χ2v) is 5.69. The fourth-order valence-electron chi connectivity index (χ4n) is 2.56. The van der Waals surface area contributed by atoms with Crippen LogP contribution in [0.2, 0.25) is 0 Å². The number of ether oxygens (including phenoxy) is 1. The quantitative estimate of drug-likeness (QED) is 0.870. The van der Waals surface area contributed by atoms with Crippen molar-refractivity contribution >= 4 is 5.91 Å². The standard InChI is InChI=1S/C15H20F2N2O3/c1-9-7-18-11(10(2)12(9)22-3)8-19-13(20)15(16,17)14(21)5-4-6-14/h7,21H,4-6,8H2,1-3H3,(H,19,20). The van der Waals surface area contributed by atoms with Crippen LogP contribution in [0.25, 0.3) is 0 Å². The van der Waals surface area contributed by atoms with Crippen LogP contribution in [0.5, 0.6) is 5.75 Å². The third kappa shape index (κ3) is 2.65. The van der Waals surface area contributed by atoms with Crippen molar-refractivity contribution in [2.75, 3.05) is 7.11 Å². The normalized spacial score (nSPS) is 16.8. The second kappa shape index (κ2) is 5.79. The number of nitrogens with zero attached hydrogens (tertiary/aromatic N) is 1. The smallest absolute Gasteiger partial charge is 0.352 e. The van der Waals surface area contributed by atoms with Gasteiger partial charge in [-0.1, -0.05) is 0 Å². The molecule has 1 aliphatic carbocycles. The maximum atomic E-state index is 14.0. The van der Waals surface area contributed by atoms with Crippen LogP contribution in [0.15, 0.2) is 6.20 Å². The molecule has 22 heavy (non-hydrogen) atoms. The van der Waals surface area contributed by atoms with Crippen molar-refractivity contribution in [1.29, 1.82) is 0 Å². The van der Waals surface area contributed by atoms with Gasteiger partial charge in [0.1, 0.15) is 11.4 Å². The van der Waals surface area contributed by atoms with Gasteiger partial charge >= 0.3 is 5.92 Å². The molecule has 122 valence electrons. The molecule has 0 unspecified atom stereocenters. The van der Waals surface area contributed by atoms with Crippen LogP contribution >= 0.6 is 0 Å². The number of aryl methyl sites for hydroxylation is 1. The van der Waals surface area contributed by atoms with Crippen molar-refractivity contribution in [3.63, 3.8) is 0 Å². The van der Waals surface area contributed by atoms with Crippen LogP contribution < -0.4 is 10.1 Å².